The van der Waals surface area contributed by atoms with Crippen LogP contribution >= 0.6 is 0 Å². The Kier molecular flexibility index (Phi) is 3.19. The van der Waals surface area contributed by atoms with Crippen LogP contribution in [0.1, 0.15) is 22.1 Å². The molecule has 114 valence electrons. The van der Waals surface area contributed by atoms with E-state index in [1.54, 1.807) is 29.3 Å². The molecule has 4 rings (SSSR count). The van der Waals surface area contributed by atoms with Crippen molar-refractivity contribution in [3.05, 3.63) is 41.7 Å². The van der Waals surface area contributed by atoms with E-state index in [1.807, 2.05) is 6.07 Å². The van der Waals surface area contributed by atoms with Crippen LogP contribution in [0.5, 0.6) is 11.5 Å². The smallest absolute Gasteiger partial charge is 0.254 e. The Morgan fingerprint density at radius 3 is 3.05 bits per heavy atom. The Labute approximate surface area is 126 Å². The lowest BCUT2D eigenvalue weighted by atomic mass is 10.1. The fourth-order valence-electron chi connectivity index (χ4n) is 2.75. The number of H-pyrrole nitrogens is 1. The molecule has 22 heavy (non-hydrogen) atoms. The first-order valence-corrected chi connectivity index (χ1v) is 7.10. The Morgan fingerprint density at radius 1 is 1.27 bits per heavy atom. The molecule has 1 saturated heterocycles. The molecule has 1 N–H and O–H groups in total. The van der Waals surface area contributed by atoms with E-state index in [-0.39, 0.29) is 18.7 Å². The van der Waals surface area contributed by atoms with Gasteiger partial charge in [0.2, 0.25) is 6.79 Å². The van der Waals surface area contributed by atoms with Gasteiger partial charge in [0, 0.05) is 18.3 Å². The van der Waals surface area contributed by atoms with Gasteiger partial charge in [-0.25, -0.2) is 0 Å². The molecule has 0 bridgehead atoms. The topological polar surface area (TPSA) is 76.7 Å². The summed E-state index contributed by atoms with van der Waals surface area (Å²) in [6.45, 7) is 1.72. The van der Waals surface area contributed by atoms with Crippen LogP contribution in [-0.4, -0.2) is 47.6 Å². The number of amides is 1. The van der Waals surface area contributed by atoms with Crippen molar-refractivity contribution in [2.75, 3.05) is 26.6 Å². The van der Waals surface area contributed by atoms with Gasteiger partial charge in [0.25, 0.3) is 5.91 Å². The van der Waals surface area contributed by atoms with E-state index in [2.05, 4.69) is 10.2 Å². The molecule has 1 amide bonds. The molecule has 2 aliphatic heterocycles. The van der Waals surface area contributed by atoms with Gasteiger partial charge in [0.05, 0.1) is 24.9 Å². The number of carbonyl (C=O) groups is 1. The molecule has 1 aromatic heterocycles. The summed E-state index contributed by atoms with van der Waals surface area (Å²) in [4.78, 5) is 14.6. The molecule has 1 fully saturated rings. The van der Waals surface area contributed by atoms with Crippen LogP contribution in [0.4, 0.5) is 0 Å². The highest BCUT2D eigenvalue weighted by Crippen LogP contribution is 2.33. The van der Waals surface area contributed by atoms with Gasteiger partial charge in [-0.15, -0.1) is 0 Å². The quantitative estimate of drug-likeness (QED) is 0.906. The molecule has 2 aromatic rings. The van der Waals surface area contributed by atoms with E-state index in [4.69, 9.17) is 14.2 Å². The van der Waals surface area contributed by atoms with Crippen LogP contribution in [0.3, 0.4) is 0 Å². The minimum atomic E-state index is -0.158. The maximum Gasteiger partial charge on any atom is 0.254 e. The summed E-state index contributed by atoms with van der Waals surface area (Å²) in [5.74, 6) is 1.22. The Balaban J connectivity index is 1.62. The molecule has 1 aromatic carbocycles. The summed E-state index contributed by atoms with van der Waals surface area (Å²) in [7, 11) is 0. The SMILES string of the molecule is O=C(c1ccc2c(c1)OCO2)N1CCOC[C@H]1c1ccn[nH]1. The molecule has 3 heterocycles. The molecule has 0 spiro atoms. The van der Waals surface area contributed by atoms with Gasteiger partial charge in [-0.2, -0.15) is 5.10 Å². The van der Waals surface area contributed by atoms with E-state index in [1.165, 1.54) is 0 Å². The number of carbonyl (C=O) groups excluding carboxylic acids is 1. The Bertz CT molecular complexity index is 686. The van der Waals surface area contributed by atoms with E-state index in [9.17, 15) is 4.79 Å². The average Bonchev–Trinajstić information content (AvgIpc) is 3.24. The van der Waals surface area contributed by atoms with E-state index in [0.29, 0.717) is 36.8 Å². The summed E-state index contributed by atoms with van der Waals surface area (Å²) in [5, 5.41) is 6.87. The van der Waals surface area contributed by atoms with Gasteiger partial charge in [0.15, 0.2) is 11.5 Å². The highest BCUT2D eigenvalue weighted by molar-refractivity contribution is 5.95. The summed E-state index contributed by atoms with van der Waals surface area (Å²) in [6.07, 6.45) is 1.67. The van der Waals surface area contributed by atoms with Crippen LogP contribution < -0.4 is 9.47 Å². The predicted molar refractivity (Wildman–Crippen MR) is 75.7 cm³/mol. The van der Waals surface area contributed by atoms with Crippen molar-refractivity contribution in [3.8, 4) is 11.5 Å². The third kappa shape index (κ3) is 2.19. The highest BCUT2D eigenvalue weighted by atomic mass is 16.7. The number of aromatic nitrogens is 2. The van der Waals surface area contributed by atoms with Crippen molar-refractivity contribution in [1.82, 2.24) is 15.1 Å². The molecule has 7 heteroatoms. The maximum atomic E-state index is 12.8. The largest absolute Gasteiger partial charge is 0.454 e. The molecule has 0 saturated carbocycles. The van der Waals surface area contributed by atoms with Crippen molar-refractivity contribution >= 4 is 5.91 Å². The van der Waals surface area contributed by atoms with Crippen LogP contribution in [-0.2, 0) is 4.74 Å². The van der Waals surface area contributed by atoms with Gasteiger partial charge < -0.3 is 19.1 Å². The fraction of sp³-hybridized carbons (Fsp3) is 0.333. The molecule has 2 aliphatic rings. The number of aromatic amines is 1. The molecule has 1 atom stereocenters. The van der Waals surface area contributed by atoms with E-state index < -0.39 is 0 Å². The summed E-state index contributed by atoms with van der Waals surface area (Å²) >= 11 is 0. The minimum Gasteiger partial charge on any atom is -0.454 e. The van der Waals surface area contributed by atoms with Crippen LogP contribution in [0.15, 0.2) is 30.5 Å². The van der Waals surface area contributed by atoms with Gasteiger partial charge in [-0.1, -0.05) is 0 Å². The number of nitrogens with zero attached hydrogens (tertiary/aromatic N) is 2. The second kappa shape index (κ2) is 5.34. The number of hydrogen-bond donors (Lipinski definition) is 1. The van der Waals surface area contributed by atoms with Gasteiger partial charge in [-0.05, 0) is 24.3 Å². The van der Waals surface area contributed by atoms with Gasteiger partial charge in [-0.3, -0.25) is 9.89 Å². The third-order valence-corrected chi connectivity index (χ3v) is 3.89. The zero-order valence-electron chi connectivity index (χ0n) is 11.8. The Morgan fingerprint density at radius 2 is 2.18 bits per heavy atom. The number of ether oxygens (including phenoxy) is 3. The molecular weight excluding hydrogens is 286 g/mol. The summed E-state index contributed by atoms with van der Waals surface area (Å²) in [6, 6.07) is 6.95. The number of fused-ring (bicyclic) bond motifs is 1. The number of morpholine rings is 1. The monoisotopic (exact) mass is 301 g/mol. The second-order valence-corrected chi connectivity index (χ2v) is 5.17. The molecule has 0 aliphatic carbocycles. The number of benzene rings is 1. The molecule has 7 nitrogen and oxygen atoms in total. The standard InChI is InChI=1S/C15H15N3O4/c19-15(10-1-2-13-14(7-10)22-9-21-13)18-5-6-20-8-12(18)11-3-4-16-17-11/h1-4,7,12H,5-6,8-9H2,(H,16,17)/t12-/m0/s1. The molecular formula is C15H15N3O4. The normalized spacial score (nSPS) is 20.2. The maximum absolute atomic E-state index is 12.8. The average molecular weight is 301 g/mol. The number of rotatable bonds is 2. The molecule has 0 unspecified atom stereocenters. The third-order valence-electron chi connectivity index (χ3n) is 3.89. The fourth-order valence-corrected chi connectivity index (χ4v) is 2.75. The van der Waals surface area contributed by atoms with Crippen molar-refractivity contribution < 1.29 is 19.0 Å². The Hall–Kier alpha value is -2.54. The molecule has 0 radical (unpaired) electrons. The summed E-state index contributed by atoms with van der Waals surface area (Å²) in [5.41, 5.74) is 1.45. The van der Waals surface area contributed by atoms with Crippen LogP contribution in [0.2, 0.25) is 0 Å². The zero-order valence-corrected chi connectivity index (χ0v) is 11.8. The van der Waals surface area contributed by atoms with Gasteiger partial charge >= 0.3 is 0 Å². The van der Waals surface area contributed by atoms with E-state index >= 15 is 0 Å². The van der Waals surface area contributed by atoms with Crippen molar-refractivity contribution in [2.24, 2.45) is 0 Å². The zero-order chi connectivity index (χ0) is 14.9. The number of nitrogens with one attached hydrogen (secondary N) is 1. The number of hydrogen-bond acceptors (Lipinski definition) is 5. The van der Waals surface area contributed by atoms with Crippen molar-refractivity contribution in [3.63, 3.8) is 0 Å². The lowest BCUT2D eigenvalue weighted by molar-refractivity contribution is -0.00392. The van der Waals surface area contributed by atoms with E-state index in [0.717, 1.165) is 5.69 Å². The minimum absolute atomic E-state index is 0.0544. The first-order chi connectivity index (χ1) is 10.8. The lowest BCUT2D eigenvalue weighted by Crippen LogP contribution is -2.43. The second-order valence-electron chi connectivity index (χ2n) is 5.17. The van der Waals surface area contributed by atoms with Crippen molar-refractivity contribution in [1.29, 1.82) is 0 Å². The van der Waals surface area contributed by atoms with Crippen LogP contribution in [0, 0.1) is 0 Å². The highest BCUT2D eigenvalue weighted by Gasteiger charge is 2.31. The summed E-state index contributed by atoms with van der Waals surface area (Å²) < 4.78 is 16.1. The first kappa shape index (κ1) is 13.1. The lowest BCUT2D eigenvalue weighted by Gasteiger charge is -2.35. The first-order valence-electron chi connectivity index (χ1n) is 7.10. The van der Waals surface area contributed by atoms with Crippen LogP contribution in [0.25, 0.3) is 0 Å². The van der Waals surface area contributed by atoms with Crippen molar-refractivity contribution in [2.45, 2.75) is 6.04 Å². The van der Waals surface area contributed by atoms with Gasteiger partial charge in [0.1, 0.15) is 0 Å². The predicted octanol–water partition coefficient (Wildman–Crippen LogP) is 1.35.